The Bertz CT molecular complexity index is 594. The number of hydrogen-bond acceptors (Lipinski definition) is 5. The zero-order valence-corrected chi connectivity index (χ0v) is 13.3. The molecule has 0 fully saturated rings. The van der Waals surface area contributed by atoms with E-state index in [4.69, 9.17) is 10.8 Å². The van der Waals surface area contributed by atoms with Crippen LogP contribution in [0.5, 0.6) is 5.75 Å². The molecule has 1 aromatic carbocycles. The first kappa shape index (κ1) is 16.8. The third-order valence-electron chi connectivity index (χ3n) is 2.58. The molecule has 1 aromatic rings. The van der Waals surface area contributed by atoms with Gasteiger partial charge in [0, 0.05) is 14.7 Å². The highest BCUT2D eigenvalue weighted by Gasteiger charge is 2.24. The van der Waals surface area contributed by atoms with Gasteiger partial charge in [0.2, 0.25) is 0 Å². The van der Waals surface area contributed by atoms with E-state index < -0.39 is 36.6 Å². The fourth-order valence-corrected chi connectivity index (χ4v) is 1.71. The summed E-state index contributed by atoms with van der Waals surface area (Å²) in [7, 11) is 0. The quantitative estimate of drug-likeness (QED) is 0.635. The van der Waals surface area contributed by atoms with Crippen molar-refractivity contribution in [3.8, 4) is 5.75 Å². The van der Waals surface area contributed by atoms with Crippen molar-refractivity contribution in [1.82, 2.24) is 5.32 Å². The van der Waals surface area contributed by atoms with Crippen molar-refractivity contribution in [1.29, 1.82) is 0 Å². The maximum absolute atomic E-state index is 11.7. The van der Waals surface area contributed by atoms with Gasteiger partial charge in [-0.1, -0.05) is 12.1 Å². The van der Waals surface area contributed by atoms with Crippen molar-refractivity contribution in [2.75, 3.05) is 0 Å². The molecule has 7 nitrogen and oxygen atoms in total. The van der Waals surface area contributed by atoms with Crippen LogP contribution >= 0.6 is 0 Å². The van der Waals surface area contributed by atoms with Crippen molar-refractivity contribution in [3.05, 3.63) is 29.8 Å². The lowest BCUT2D eigenvalue weighted by atomic mass is 10.1. The van der Waals surface area contributed by atoms with Gasteiger partial charge >= 0.3 is 18.0 Å². The molecule has 1 rings (SSSR count). The van der Waals surface area contributed by atoms with E-state index in [9.17, 15) is 19.5 Å². The van der Waals surface area contributed by atoms with Gasteiger partial charge in [-0.2, -0.15) is 0 Å². The number of carbonyl (C=O) groups is 3. The lowest BCUT2D eigenvalue weighted by Gasteiger charge is -2.22. The third kappa shape index (κ3) is 7.30. The maximum atomic E-state index is 11.7. The van der Waals surface area contributed by atoms with Crippen LogP contribution in [0.4, 0.5) is 4.79 Å². The highest BCUT2D eigenvalue weighted by molar-refractivity contribution is 5.80. The number of rotatable bonds is 5. The van der Waals surface area contributed by atoms with E-state index in [1.807, 2.05) is 0 Å². The summed E-state index contributed by atoms with van der Waals surface area (Å²) in [6.45, 7) is 4.56. The average molecular weight is 324 g/mol. The molecule has 0 aliphatic carbocycles. The van der Waals surface area contributed by atoms with E-state index in [1.165, 1.54) is 12.1 Å². The summed E-state index contributed by atoms with van der Waals surface area (Å²) in [6, 6.07) is 5.00. The second-order valence-corrected chi connectivity index (χ2v) is 5.86. The van der Waals surface area contributed by atoms with Gasteiger partial charge in [-0.15, -0.1) is 0 Å². The molecule has 1 amide bonds. The van der Waals surface area contributed by atoms with Crippen molar-refractivity contribution < 1.29 is 30.3 Å². The average Bonchev–Trinajstić information content (AvgIpc) is 2.46. The van der Waals surface area contributed by atoms with E-state index in [-0.39, 0.29) is 12.2 Å². The first-order valence-electron chi connectivity index (χ1n) is 7.62. The van der Waals surface area contributed by atoms with Crippen LogP contribution in [0.15, 0.2) is 24.3 Å². The number of hydrogen-bond donors (Lipinski definition) is 2. The summed E-state index contributed by atoms with van der Waals surface area (Å²) in [5.41, 5.74) is -0.0969. The zero-order chi connectivity index (χ0) is 18.3. The van der Waals surface area contributed by atoms with Crippen molar-refractivity contribution in [2.24, 2.45) is 0 Å². The molecule has 23 heavy (non-hydrogen) atoms. The monoisotopic (exact) mass is 324 g/mol. The summed E-state index contributed by atoms with van der Waals surface area (Å²) in [4.78, 5) is 34.0. The Labute approximate surface area is 136 Å². The first-order chi connectivity index (χ1) is 11.1. The van der Waals surface area contributed by atoms with Gasteiger partial charge in [0.05, 0.1) is 0 Å². The van der Waals surface area contributed by atoms with E-state index >= 15 is 0 Å². The van der Waals surface area contributed by atoms with Crippen molar-refractivity contribution >= 4 is 18.0 Å². The predicted molar refractivity (Wildman–Crippen MR) is 82.2 cm³/mol. The van der Waals surface area contributed by atoms with Gasteiger partial charge in [0.25, 0.3) is 0 Å². The Morgan fingerprint density at radius 2 is 1.87 bits per heavy atom. The number of ether oxygens (including phenoxy) is 2. The molecule has 0 aliphatic heterocycles. The lowest BCUT2D eigenvalue weighted by molar-refractivity contribution is -0.139. The minimum absolute atomic E-state index is 0.0429. The number of carbonyl (C=O) groups excluding carboxylic acids is 2. The van der Waals surface area contributed by atoms with Crippen LogP contribution in [-0.4, -0.2) is 34.8 Å². The number of aliphatic carboxylic acids is 1. The maximum Gasteiger partial charge on any atom is 0.408 e. The van der Waals surface area contributed by atoms with Crippen molar-refractivity contribution in [3.63, 3.8) is 0 Å². The molecule has 0 unspecified atom stereocenters. The number of alkyl carbamates (subject to hydrolysis) is 1. The smallest absolute Gasteiger partial charge is 0.408 e. The van der Waals surface area contributed by atoms with Gasteiger partial charge in [0.1, 0.15) is 17.4 Å². The van der Waals surface area contributed by atoms with E-state index in [2.05, 4.69) is 5.32 Å². The molecule has 0 spiro atoms. The molecule has 7 heteroatoms. The summed E-state index contributed by atoms with van der Waals surface area (Å²) in [5, 5.41) is 11.5. The Hall–Kier alpha value is -2.57. The Morgan fingerprint density at radius 1 is 1.26 bits per heavy atom. The fraction of sp³-hybridized carbons (Fsp3) is 0.438. The molecule has 0 saturated carbocycles. The molecule has 2 N–H and O–H groups in total. The molecule has 0 heterocycles. The number of carboxylic acid groups (broad SMARTS) is 1. The van der Waals surface area contributed by atoms with E-state index in [0.717, 1.165) is 0 Å². The molecule has 0 radical (unpaired) electrons. The minimum Gasteiger partial charge on any atom is -0.480 e. The van der Waals surface area contributed by atoms with Crippen LogP contribution in [0.2, 0.25) is 0 Å². The largest absolute Gasteiger partial charge is 0.480 e. The highest BCUT2D eigenvalue weighted by atomic mass is 16.6. The summed E-state index contributed by atoms with van der Waals surface area (Å²) in [6.07, 6.45) is -0.766. The van der Waals surface area contributed by atoms with Gasteiger partial charge in [-0.05, 0) is 38.5 Å². The molecule has 0 bridgehead atoms. The molecular formula is C16H21NO6. The normalized spacial score (nSPS) is 12.7. The highest BCUT2D eigenvalue weighted by Crippen LogP contribution is 2.14. The zero-order valence-electron chi connectivity index (χ0n) is 14.3. The number of benzene rings is 1. The first-order valence-corrected chi connectivity index (χ1v) is 6.92. The van der Waals surface area contributed by atoms with Crippen molar-refractivity contribution in [2.45, 2.75) is 45.7 Å². The standard InChI is InChI=1S/C16H21NO6/c1-10(18)22-12-7-5-11(6-8-12)9-13(14(19)20)17-15(21)23-16(2,3)4/h5-8,13H,9H2,1-4H3,(H,17,21)(H,19,20)/t13-/m0/s1/i1D. The number of amides is 1. The topological polar surface area (TPSA) is 102 Å². The van der Waals surface area contributed by atoms with Crippen LogP contribution in [0.3, 0.4) is 0 Å². The molecule has 1 atom stereocenters. The SMILES string of the molecule is [2H]CC(=O)Oc1ccc(C[C@H](NC(=O)OC(C)(C)C)C(=O)O)cc1. The fourth-order valence-electron chi connectivity index (χ4n) is 1.71. The summed E-state index contributed by atoms with van der Waals surface area (Å²) < 4.78 is 16.8. The Morgan fingerprint density at radius 3 is 2.35 bits per heavy atom. The second kappa shape index (κ2) is 7.62. The number of esters is 1. The molecular weight excluding hydrogens is 302 g/mol. The van der Waals surface area contributed by atoms with Crippen LogP contribution in [-0.2, 0) is 20.7 Å². The van der Waals surface area contributed by atoms with Crippen LogP contribution in [0.25, 0.3) is 0 Å². The second-order valence-electron chi connectivity index (χ2n) is 5.86. The van der Waals surface area contributed by atoms with Gasteiger partial charge in [-0.3, -0.25) is 4.79 Å². The molecule has 0 aromatic heterocycles. The third-order valence-corrected chi connectivity index (χ3v) is 2.58. The Balaban J connectivity index is 2.70. The van der Waals surface area contributed by atoms with Crippen LogP contribution in [0.1, 0.15) is 34.6 Å². The summed E-state index contributed by atoms with van der Waals surface area (Å²) >= 11 is 0. The Kier molecular flexibility index (Phi) is 5.56. The van der Waals surface area contributed by atoms with Gasteiger partial charge in [0.15, 0.2) is 0 Å². The van der Waals surface area contributed by atoms with Gasteiger partial charge < -0.3 is 19.9 Å². The number of nitrogens with one attached hydrogen (secondary N) is 1. The van der Waals surface area contributed by atoms with Gasteiger partial charge in [-0.25, -0.2) is 9.59 Å². The lowest BCUT2D eigenvalue weighted by Crippen LogP contribution is -2.44. The molecule has 126 valence electrons. The van der Waals surface area contributed by atoms with Crippen LogP contribution in [0, 0.1) is 0 Å². The van der Waals surface area contributed by atoms with Crippen LogP contribution < -0.4 is 10.1 Å². The summed E-state index contributed by atoms with van der Waals surface area (Å²) in [5.74, 6) is -1.61. The number of carboxylic acids is 1. The molecule has 0 aliphatic rings. The molecule has 0 saturated heterocycles. The minimum atomic E-state index is -1.19. The van der Waals surface area contributed by atoms with E-state index in [1.54, 1.807) is 32.9 Å². The van der Waals surface area contributed by atoms with E-state index in [0.29, 0.717) is 5.56 Å². The predicted octanol–water partition coefficient (Wildman–Crippen LogP) is 2.13.